The maximum atomic E-state index is 12.5. The van der Waals surface area contributed by atoms with Crippen LogP contribution in [0.5, 0.6) is 11.5 Å². The van der Waals surface area contributed by atoms with Gasteiger partial charge in [-0.1, -0.05) is 6.07 Å². The normalized spacial score (nSPS) is 10.5. The second kappa shape index (κ2) is 11.4. The first-order chi connectivity index (χ1) is 15.3. The molecular formula is C23H24N2O7. The summed E-state index contributed by atoms with van der Waals surface area (Å²) in [6.45, 7) is 4.60. The number of methoxy groups -OCH3 is 1. The summed E-state index contributed by atoms with van der Waals surface area (Å²) in [5.74, 6) is -0.895. The van der Waals surface area contributed by atoms with Crippen LogP contribution < -0.4 is 9.47 Å². The van der Waals surface area contributed by atoms with E-state index in [1.54, 1.807) is 39.0 Å². The summed E-state index contributed by atoms with van der Waals surface area (Å²) in [7, 11) is 1.46. The molecule has 168 valence electrons. The highest BCUT2D eigenvalue weighted by Gasteiger charge is 2.23. The van der Waals surface area contributed by atoms with Crippen LogP contribution in [0.2, 0.25) is 0 Å². The van der Waals surface area contributed by atoms with Gasteiger partial charge in [0.05, 0.1) is 25.0 Å². The van der Waals surface area contributed by atoms with Crippen molar-refractivity contribution >= 4 is 23.8 Å². The number of rotatable bonds is 10. The molecule has 0 amide bonds. The molecule has 0 aliphatic carbocycles. The lowest BCUT2D eigenvalue weighted by atomic mass is 10.1. The molecule has 0 saturated carbocycles. The Balaban J connectivity index is 2.01. The second-order valence-corrected chi connectivity index (χ2v) is 6.57. The molecule has 0 fully saturated rings. The quantitative estimate of drug-likeness (QED) is 0.339. The number of benzene rings is 1. The first-order valence-corrected chi connectivity index (χ1v) is 9.74. The van der Waals surface area contributed by atoms with Crippen LogP contribution in [0.3, 0.4) is 0 Å². The number of carbonyl (C=O) groups excluding carboxylic acids is 3. The van der Waals surface area contributed by atoms with Gasteiger partial charge in [0.2, 0.25) is 5.78 Å². The van der Waals surface area contributed by atoms with Gasteiger partial charge in [0.1, 0.15) is 6.07 Å². The zero-order valence-corrected chi connectivity index (χ0v) is 18.3. The molecule has 0 aliphatic rings. The lowest BCUT2D eigenvalue weighted by Crippen LogP contribution is -2.14. The molecule has 32 heavy (non-hydrogen) atoms. The molecule has 0 bridgehead atoms. The maximum absolute atomic E-state index is 12.5. The van der Waals surface area contributed by atoms with Gasteiger partial charge >= 0.3 is 11.9 Å². The van der Waals surface area contributed by atoms with E-state index in [4.69, 9.17) is 24.2 Å². The fourth-order valence-corrected chi connectivity index (χ4v) is 2.98. The number of esters is 2. The minimum Gasteiger partial charge on any atom is -0.493 e. The predicted molar refractivity (Wildman–Crippen MR) is 115 cm³/mol. The standard InChI is InChI=1S/C23H24N2O7/c1-5-30-23(28)21-14(2)22(25-15(21)3)17(26)13-32-20(27)9-7-16-6-8-18(31-11-10-24)19(12-16)29-4/h6-9,12,25H,5,11,13H2,1-4H3/b9-7+. The van der Waals surface area contributed by atoms with Crippen molar-refractivity contribution in [3.63, 3.8) is 0 Å². The number of aryl methyl sites for hydroxylation is 1. The number of nitriles is 1. The number of nitrogens with zero attached hydrogens (tertiary/aromatic N) is 1. The monoisotopic (exact) mass is 440 g/mol. The molecule has 0 unspecified atom stereocenters. The van der Waals surface area contributed by atoms with Gasteiger partial charge in [-0.3, -0.25) is 4.79 Å². The van der Waals surface area contributed by atoms with Crippen molar-refractivity contribution < 1.29 is 33.3 Å². The Kier molecular flexibility index (Phi) is 8.60. The molecule has 1 heterocycles. The SMILES string of the molecule is CCOC(=O)c1c(C)[nH]c(C(=O)COC(=O)/C=C/c2ccc(OCC#N)c(OC)c2)c1C. The summed E-state index contributed by atoms with van der Waals surface area (Å²) < 4.78 is 20.5. The number of ether oxygens (including phenoxy) is 4. The summed E-state index contributed by atoms with van der Waals surface area (Å²) in [6.07, 6.45) is 2.67. The van der Waals surface area contributed by atoms with Crippen LogP contribution in [0, 0.1) is 25.2 Å². The van der Waals surface area contributed by atoms with Crippen LogP contribution in [0.15, 0.2) is 24.3 Å². The van der Waals surface area contributed by atoms with Gasteiger partial charge in [-0.25, -0.2) is 9.59 Å². The Morgan fingerprint density at radius 3 is 2.56 bits per heavy atom. The zero-order valence-electron chi connectivity index (χ0n) is 18.3. The van der Waals surface area contributed by atoms with E-state index in [1.165, 1.54) is 19.3 Å². The molecular weight excluding hydrogens is 416 g/mol. The van der Waals surface area contributed by atoms with Crippen LogP contribution in [0.1, 0.15) is 44.6 Å². The molecule has 2 aromatic rings. The number of hydrogen-bond acceptors (Lipinski definition) is 8. The Bertz CT molecular complexity index is 1080. The number of aromatic nitrogens is 1. The number of H-pyrrole nitrogens is 1. The van der Waals surface area contributed by atoms with E-state index in [0.29, 0.717) is 33.9 Å². The molecule has 0 aliphatic heterocycles. The Hall–Kier alpha value is -4.06. The van der Waals surface area contributed by atoms with E-state index in [2.05, 4.69) is 4.98 Å². The van der Waals surface area contributed by atoms with Gasteiger partial charge in [0, 0.05) is 11.8 Å². The summed E-state index contributed by atoms with van der Waals surface area (Å²) >= 11 is 0. The fraction of sp³-hybridized carbons (Fsp3) is 0.304. The van der Waals surface area contributed by atoms with Crippen molar-refractivity contribution in [3.05, 3.63) is 52.4 Å². The molecule has 0 spiro atoms. The van der Waals surface area contributed by atoms with Crippen molar-refractivity contribution in [2.45, 2.75) is 20.8 Å². The Labute approximate surface area is 185 Å². The maximum Gasteiger partial charge on any atom is 0.340 e. The molecule has 1 aromatic heterocycles. The van der Waals surface area contributed by atoms with Crippen LogP contribution >= 0.6 is 0 Å². The number of ketones is 1. The highest BCUT2D eigenvalue weighted by Crippen LogP contribution is 2.28. The van der Waals surface area contributed by atoms with E-state index in [-0.39, 0.29) is 18.9 Å². The van der Waals surface area contributed by atoms with Crippen molar-refractivity contribution in [3.8, 4) is 17.6 Å². The van der Waals surface area contributed by atoms with Gasteiger partial charge in [0.25, 0.3) is 0 Å². The average molecular weight is 440 g/mol. The third kappa shape index (κ3) is 5.98. The molecule has 2 rings (SSSR count). The summed E-state index contributed by atoms with van der Waals surface area (Å²) in [4.78, 5) is 39.4. The van der Waals surface area contributed by atoms with Gasteiger partial charge in [0.15, 0.2) is 24.7 Å². The molecule has 0 radical (unpaired) electrons. The van der Waals surface area contributed by atoms with E-state index in [9.17, 15) is 14.4 Å². The number of nitrogens with one attached hydrogen (secondary N) is 1. The highest BCUT2D eigenvalue weighted by molar-refractivity contribution is 6.03. The van der Waals surface area contributed by atoms with Crippen molar-refractivity contribution in [2.75, 3.05) is 26.9 Å². The number of carbonyl (C=O) groups is 3. The van der Waals surface area contributed by atoms with E-state index < -0.39 is 24.3 Å². The number of Topliss-reactive ketones (excluding diaryl/α,β-unsaturated/α-hetero) is 1. The Morgan fingerprint density at radius 2 is 1.91 bits per heavy atom. The second-order valence-electron chi connectivity index (χ2n) is 6.57. The lowest BCUT2D eigenvalue weighted by Gasteiger charge is -2.08. The minimum absolute atomic E-state index is 0.118. The summed E-state index contributed by atoms with van der Waals surface area (Å²) in [6, 6.07) is 6.79. The third-order valence-corrected chi connectivity index (χ3v) is 4.43. The molecule has 0 atom stereocenters. The third-order valence-electron chi connectivity index (χ3n) is 4.43. The number of hydrogen-bond donors (Lipinski definition) is 1. The van der Waals surface area contributed by atoms with E-state index >= 15 is 0 Å². The predicted octanol–water partition coefficient (Wildman–Crippen LogP) is 3.16. The average Bonchev–Trinajstić information content (AvgIpc) is 3.08. The van der Waals surface area contributed by atoms with Gasteiger partial charge in [-0.15, -0.1) is 0 Å². The first-order valence-electron chi connectivity index (χ1n) is 9.74. The molecule has 0 saturated heterocycles. The molecule has 9 heteroatoms. The van der Waals surface area contributed by atoms with E-state index in [0.717, 1.165) is 0 Å². The smallest absolute Gasteiger partial charge is 0.340 e. The molecule has 9 nitrogen and oxygen atoms in total. The largest absolute Gasteiger partial charge is 0.493 e. The van der Waals surface area contributed by atoms with Gasteiger partial charge in [-0.2, -0.15) is 5.26 Å². The lowest BCUT2D eigenvalue weighted by molar-refractivity contribution is -0.136. The highest BCUT2D eigenvalue weighted by atomic mass is 16.5. The van der Waals surface area contributed by atoms with Gasteiger partial charge < -0.3 is 23.9 Å². The van der Waals surface area contributed by atoms with Crippen molar-refractivity contribution in [2.24, 2.45) is 0 Å². The van der Waals surface area contributed by atoms with Crippen LogP contribution in [-0.2, 0) is 14.3 Å². The van der Waals surface area contributed by atoms with Crippen molar-refractivity contribution in [1.82, 2.24) is 4.98 Å². The van der Waals surface area contributed by atoms with Crippen LogP contribution in [0.4, 0.5) is 0 Å². The van der Waals surface area contributed by atoms with Crippen molar-refractivity contribution in [1.29, 1.82) is 5.26 Å². The zero-order chi connectivity index (χ0) is 23.7. The molecule has 1 N–H and O–H groups in total. The van der Waals surface area contributed by atoms with E-state index in [1.807, 2.05) is 6.07 Å². The Morgan fingerprint density at radius 1 is 1.16 bits per heavy atom. The molecule has 1 aromatic carbocycles. The number of aromatic amines is 1. The first kappa shape index (κ1) is 24.2. The van der Waals surface area contributed by atoms with Crippen LogP contribution in [-0.4, -0.2) is 49.6 Å². The topological polar surface area (TPSA) is 128 Å². The summed E-state index contributed by atoms with van der Waals surface area (Å²) in [5.41, 5.74) is 2.08. The van der Waals surface area contributed by atoms with Gasteiger partial charge in [-0.05, 0) is 50.1 Å². The minimum atomic E-state index is -0.714. The fourth-order valence-electron chi connectivity index (χ4n) is 2.98. The van der Waals surface area contributed by atoms with Crippen LogP contribution in [0.25, 0.3) is 6.08 Å². The summed E-state index contributed by atoms with van der Waals surface area (Å²) in [5, 5.41) is 8.60.